The highest BCUT2D eigenvalue weighted by Crippen LogP contribution is 2.28. The molecule has 0 saturated carbocycles. The van der Waals surface area contributed by atoms with Gasteiger partial charge in [0.25, 0.3) is 0 Å². The van der Waals surface area contributed by atoms with Crippen LogP contribution in [0.15, 0.2) is 48.5 Å². The molecular weight excluding hydrogens is 334 g/mol. The molecule has 1 aliphatic carbocycles. The van der Waals surface area contributed by atoms with Crippen molar-refractivity contribution in [3.63, 3.8) is 0 Å². The molecule has 3 heteroatoms. The first-order chi connectivity index (χ1) is 13.3. The predicted octanol–water partition coefficient (Wildman–Crippen LogP) is 4.87. The van der Waals surface area contributed by atoms with Crippen LogP contribution in [0, 0.1) is 0 Å². The van der Waals surface area contributed by atoms with Crippen molar-refractivity contribution in [1.29, 1.82) is 0 Å². The van der Waals surface area contributed by atoms with E-state index in [0.717, 1.165) is 31.6 Å². The molecule has 3 rings (SSSR count). The number of para-hydroxylation sites is 1. The van der Waals surface area contributed by atoms with E-state index < -0.39 is 0 Å². The van der Waals surface area contributed by atoms with Crippen LogP contribution in [0.4, 0.5) is 0 Å². The smallest absolute Gasteiger partial charge is 0.119 e. The number of ether oxygens (including phenoxy) is 2. The van der Waals surface area contributed by atoms with E-state index in [1.165, 1.54) is 36.0 Å². The zero-order valence-electron chi connectivity index (χ0n) is 16.5. The molecule has 0 aliphatic heterocycles. The topological polar surface area (TPSA) is 44.5 Å². The fourth-order valence-corrected chi connectivity index (χ4v) is 3.90. The predicted molar refractivity (Wildman–Crippen MR) is 111 cm³/mol. The highest BCUT2D eigenvalue weighted by atomic mass is 16.5. The van der Waals surface area contributed by atoms with Gasteiger partial charge in [-0.1, -0.05) is 56.2 Å². The summed E-state index contributed by atoms with van der Waals surface area (Å²) in [5.74, 6) is 1.40. The Balaban J connectivity index is 1.48. The van der Waals surface area contributed by atoms with E-state index in [0.29, 0.717) is 25.2 Å². The van der Waals surface area contributed by atoms with Gasteiger partial charge in [-0.3, -0.25) is 0 Å². The molecule has 1 aliphatic rings. The van der Waals surface area contributed by atoms with E-state index in [9.17, 15) is 0 Å². The number of hydrogen-bond donors (Lipinski definition) is 1. The molecule has 0 heterocycles. The van der Waals surface area contributed by atoms with Crippen LogP contribution >= 0.6 is 0 Å². The molecule has 0 amide bonds. The molecular formula is C24H33NO2. The molecule has 0 bridgehead atoms. The Bertz CT molecular complexity index is 686. The summed E-state index contributed by atoms with van der Waals surface area (Å²) in [5, 5.41) is 0. The van der Waals surface area contributed by atoms with Crippen LogP contribution in [0.3, 0.4) is 0 Å². The average molecular weight is 368 g/mol. The highest BCUT2D eigenvalue weighted by molar-refractivity contribution is 5.36. The maximum Gasteiger partial charge on any atom is 0.119 e. The lowest BCUT2D eigenvalue weighted by molar-refractivity contribution is 0.0262. The van der Waals surface area contributed by atoms with Gasteiger partial charge in [-0.2, -0.15) is 0 Å². The Morgan fingerprint density at radius 1 is 1.07 bits per heavy atom. The fraction of sp³-hybridized carbons (Fsp3) is 0.500. The van der Waals surface area contributed by atoms with Crippen molar-refractivity contribution in [2.45, 2.75) is 57.5 Å². The zero-order valence-corrected chi connectivity index (χ0v) is 16.5. The van der Waals surface area contributed by atoms with Crippen molar-refractivity contribution in [2.24, 2.45) is 5.73 Å². The van der Waals surface area contributed by atoms with E-state index in [4.69, 9.17) is 15.2 Å². The molecule has 2 aromatic carbocycles. The van der Waals surface area contributed by atoms with E-state index in [1.807, 2.05) is 30.3 Å². The summed E-state index contributed by atoms with van der Waals surface area (Å²) in [5.41, 5.74) is 10.4. The van der Waals surface area contributed by atoms with Gasteiger partial charge < -0.3 is 15.2 Å². The number of aryl methyl sites for hydroxylation is 1. The first kappa shape index (κ1) is 19.9. The largest absolute Gasteiger partial charge is 0.491 e. The zero-order chi connectivity index (χ0) is 18.9. The molecule has 0 radical (unpaired) electrons. The summed E-state index contributed by atoms with van der Waals surface area (Å²) < 4.78 is 11.8. The minimum absolute atomic E-state index is 0.299. The number of nitrogens with two attached hydrogens (primary N) is 1. The number of hydrogen-bond acceptors (Lipinski definition) is 3. The van der Waals surface area contributed by atoms with Crippen LogP contribution < -0.4 is 10.5 Å². The maximum atomic E-state index is 6.07. The summed E-state index contributed by atoms with van der Waals surface area (Å²) in [6.45, 7) is 4.22. The lowest BCUT2D eigenvalue weighted by Gasteiger charge is -2.26. The standard InChI is InChI=1S/C24H33NO2/c1-2-3-7-22(18-25)20-10-11-21-17-24(13-12-19(21)16-20)27-15-14-26-23-8-5-4-6-9-23/h4-6,8-11,16,22,24H,2-3,7,12-15,17-18,25H2,1H3/t22?,24-/m0/s1. The van der Waals surface area contributed by atoms with Gasteiger partial charge in [-0.15, -0.1) is 0 Å². The summed E-state index contributed by atoms with van der Waals surface area (Å²) in [4.78, 5) is 0. The second-order valence-corrected chi connectivity index (χ2v) is 7.50. The number of rotatable bonds is 10. The van der Waals surface area contributed by atoms with E-state index in [1.54, 1.807) is 0 Å². The van der Waals surface area contributed by atoms with Crippen LogP contribution in [0.5, 0.6) is 5.75 Å². The summed E-state index contributed by atoms with van der Waals surface area (Å²) in [6, 6.07) is 16.9. The van der Waals surface area contributed by atoms with Crippen LogP contribution in [0.2, 0.25) is 0 Å². The molecule has 146 valence electrons. The summed E-state index contributed by atoms with van der Waals surface area (Å²) in [7, 11) is 0. The van der Waals surface area contributed by atoms with Gasteiger partial charge in [0.05, 0.1) is 12.7 Å². The normalized spacial score (nSPS) is 17.3. The average Bonchev–Trinajstić information content (AvgIpc) is 2.72. The fourth-order valence-electron chi connectivity index (χ4n) is 3.90. The third kappa shape index (κ3) is 5.82. The second-order valence-electron chi connectivity index (χ2n) is 7.50. The minimum atomic E-state index is 0.299. The molecule has 2 atom stereocenters. The number of unbranched alkanes of at least 4 members (excludes halogenated alkanes) is 1. The van der Waals surface area contributed by atoms with Crippen molar-refractivity contribution in [2.75, 3.05) is 19.8 Å². The van der Waals surface area contributed by atoms with E-state index in [-0.39, 0.29) is 0 Å². The van der Waals surface area contributed by atoms with Crippen molar-refractivity contribution in [1.82, 2.24) is 0 Å². The molecule has 3 nitrogen and oxygen atoms in total. The third-order valence-electron chi connectivity index (χ3n) is 5.52. The van der Waals surface area contributed by atoms with Crippen molar-refractivity contribution in [3.8, 4) is 5.75 Å². The van der Waals surface area contributed by atoms with Crippen LogP contribution in [0.25, 0.3) is 0 Å². The quantitative estimate of drug-likeness (QED) is 0.609. The van der Waals surface area contributed by atoms with E-state index >= 15 is 0 Å². The monoisotopic (exact) mass is 367 g/mol. The lowest BCUT2D eigenvalue weighted by atomic mass is 9.85. The maximum absolute atomic E-state index is 6.07. The molecule has 0 spiro atoms. The Morgan fingerprint density at radius 3 is 2.70 bits per heavy atom. The Hall–Kier alpha value is -1.84. The Kier molecular flexibility index (Phi) is 7.73. The van der Waals surface area contributed by atoms with Crippen molar-refractivity contribution >= 4 is 0 Å². The van der Waals surface area contributed by atoms with Gasteiger partial charge >= 0.3 is 0 Å². The molecule has 2 N–H and O–H groups in total. The summed E-state index contributed by atoms with van der Waals surface area (Å²) >= 11 is 0. The summed E-state index contributed by atoms with van der Waals surface area (Å²) in [6.07, 6.45) is 7.16. The SMILES string of the molecule is CCCCC(CN)c1ccc2c(c1)CC[C@H](OCCOc1ccccc1)C2. The third-order valence-corrected chi connectivity index (χ3v) is 5.52. The molecule has 2 aromatic rings. The Labute approximate surface area is 163 Å². The minimum Gasteiger partial charge on any atom is -0.491 e. The van der Waals surface area contributed by atoms with Crippen molar-refractivity contribution in [3.05, 3.63) is 65.2 Å². The van der Waals surface area contributed by atoms with Crippen molar-refractivity contribution < 1.29 is 9.47 Å². The second kappa shape index (κ2) is 10.5. The molecule has 0 fully saturated rings. The molecule has 0 saturated heterocycles. The number of benzene rings is 2. The molecule has 0 aromatic heterocycles. The van der Waals surface area contributed by atoms with Crippen LogP contribution in [0.1, 0.15) is 55.2 Å². The van der Waals surface area contributed by atoms with Gasteiger partial charge in [0.15, 0.2) is 0 Å². The molecule has 27 heavy (non-hydrogen) atoms. The first-order valence-electron chi connectivity index (χ1n) is 10.4. The van der Waals surface area contributed by atoms with Crippen LogP contribution in [-0.2, 0) is 17.6 Å². The lowest BCUT2D eigenvalue weighted by Crippen LogP contribution is -2.25. The molecule has 1 unspecified atom stereocenters. The van der Waals surface area contributed by atoms with Gasteiger partial charge in [0, 0.05) is 0 Å². The van der Waals surface area contributed by atoms with Gasteiger partial charge in [-0.05, 0) is 67.0 Å². The Morgan fingerprint density at radius 2 is 1.93 bits per heavy atom. The van der Waals surface area contributed by atoms with Gasteiger partial charge in [-0.25, -0.2) is 0 Å². The number of fused-ring (bicyclic) bond motifs is 1. The van der Waals surface area contributed by atoms with Crippen LogP contribution in [-0.4, -0.2) is 25.9 Å². The first-order valence-corrected chi connectivity index (χ1v) is 10.4. The van der Waals surface area contributed by atoms with E-state index in [2.05, 4.69) is 25.1 Å². The van der Waals surface area contributed by atoms with Gasteiger partial charge in [0.2, 0.25) is 0 Å². The highest BCUT2D eigenvalue weighted by Gasteiger charge is 2.20. The van der Waals surface area contributed by atoms with Gasteiger partial charge in [0.1, 0.15) is 12.4 Å².